The maximum absolute atomic E-state index is 12.8. The fraction of sp³-hybridized carbons (Fsp3) is 0.757. The van der Waals surface area contributed by atoms with Gasteiger partial charge in [-0.3, -0.25) is 4.79 Å². The van der Waals surface area contributed by atoms with E-state index in [4.69, 9.17) is 30.1 Å². The highest BCUT2D eigenvalue weighted by Gasteiger charge is 2.26. The first-order valence-corrected chi connectivity index (χ1v) is 18.6. The first kappa shape index (κ1) is 41.2. The smallest absolute Gasteiger partial charge is 0.203 e. The van der Waals surface area contributed by atoms with Crippen LogP contribution in [0, 0.1) is 23.2 Å². The van der Waals surface area contributed by atoms with E-state index < -0.39 is 0 Å². The van der Waals surface area contributed by atoms with Crippen molar-refractivity contribution in [1.29, 1.82) is 0 Å². The Balaban J connectivity index is 2.95. The predicted molar refractivity (Wildman–Crippen MR) is 190 cm³/mol. The van der Waals surface area contributed by atoms with Crippen LogP contribution in [0.3, 0.4) is 0 Å². The molecule has 45 heavy (non-hydrogen) atoms. The molecule has 0 radical (unpaired) electrons. The first-order chi connectivity index (χ1) is 21.6. The monoisotopic (exact) mass is 649 g/mol. The molecule has 1 aromatic carbocycles. The van der Waals surface area contributed by atoms with E-state index in [0.717, 1.165) is 78.9 Å². The molecule has 7 nitrogen and oxygen atoms in total. The van der Waals surface area contributed by atoms with Crippen molar-refractivity contribution in [1.82, 2.24) is 5.32 Å². The van der Waals surface area contributed by atoms with Crippen LogP contribution in [0.4, 0.5) is 0 Å². The van der Waals surface area contributed by atoms with Gasteiger partial charge >= 0.3 is 0 Å². The Hall–Kier alpha value is -1.84. The molecule has 1 unspecified atom stereocenters. The van der Waals surface area contributed by atoms with Crippen LogP contribution >= 0.6 is 8.58 Å². The molecule has 0 saturated heterocycles. The van der Waals surface area contributed by atoms with Gasteiger partial charge < -0.3 is 29.0 Å². The Morgan fingerprint density at radius 3 is 2.18 bits per heavy atom. The lowest BCUT2D eigenvalue weighted by Gasteiger charge is -2.29. The molecule has 0 saturated carbocycles. The molecule has 8 heteroatoms. The highest BCUT2D eigenvalue weighted by molar-refractivity contribution is 7.38. The number of hydrogen-bond acceptors (Lipinski definition) is 7. The van der Waals surface area contributed by atoms with Gasteiger partial charge in [0, 0.05) is 30.4 Å². The summed E-state index contributed by atoms with van der Waals surface area (Å²) in [7, 11) is 0.800. The molecule has 0 aromatic heterocycles. The third kappa shape index (κ3) is 19.4. The molecule has 1 atom stereocenters. The number of nitrogens with one attached hydrogen (secondary N) is 1. The first-order valence-electron chi connectivity index (χ1n) is 17.2. The van der Waals surface area contributed by atoms with Crippen molar-refractivity contribution in [3.63, 3.8) is 0 Å². The molecular weight excluding hydrogens is 585 g/mol. The van der Waals surface area contributed by atoms with E-state index in [9.17, 15) is 4.79 Å². The molecule has 0 aliphatic carbocycles. The summed E-state index contributed by atoms with van der Waals surface area (Å²) in [6, 6.07) is 3.59. The number of ketones is 1. The molecule has 1 rings (SSSR count). The van der Waals surface area contributed by atoms with Gasteiger partial charge in [0.2, 0.25) is 5.75 Å². The Labute approximate surface area is 277 Å². The van der Waals surface area contributed by atoms with Gasteiger partial charge in [0.1, 0.15) is 6.61 Å². The third-order valence-corrected chi connectivity index (χ3v) is 8.37. The SMILES string of the molecule is C#CCCCCCC(C)(C)COCC(C)(C)COc1c(OCCOCCC)cc(C(=O)CC)cc1OCCPCCNCCC. The summed E-state index contributed by atoms with van der Waals surface area (Å²) in [6.45, 7) is 20.7. The van der Waals surface area contributed by atoms with Gasteiger partial charge in [-0.05, 0) is 68.6 Å². The van der Waals surface area contributed by atoms with Gasteiger partial charge in [0.15, 0.2) is 17.3 Å². The van der Waals surface area contributed by atoms with E-state index in [0.29, 0.717) is 75.5 Å². The summed E-state index contributed by atoms with van der Waals surface area (Å²) in [5, 5.41) is 3.45. The number of carbonyl (C=O) groups excluding carboxylic acids is 1. The van der Waals surface area contributed by atoms with Crippen molar-refractivity contribution in [2.24, 2.45) is 10.8 Å². The zero-order valence-corrected chi connectivity index (χ0v) is 30.6. The highest BCUT2D eigenvalue weighted by atomic mass is 31.1. The van der Waals surface area contributed by atoms with Crippen LogP contribution in [0.25, 0.3) is 0 Å². The summed E-state index contributed by atoms with van der Waals surface area (Å²) in [5.74, 6) is 4.36. The molecule has 0 fully saturated rings. The minimum absolute atomic E-state index is 0.0368. The minimum Gasteiger partial charge on any atom is -0.489 e. The number of rotatable bonds is 29. The second-order valence-corrected chi connectivity index (χ2v) is 14.8. The van der Waals surface area contributed by atoms with Crippen molar-refractivity contribution < 1.29 is 28.5 Å². The number of ether oxygens (including phenoxy) is 5. The number of unbranched alkanes of at least 4 members (excludes halogenated alkanes) is 3. The van der Waals surface area contributed by atoms with Crippen molar-refractivity contribution in [2.45, 2.75) is 99.8 Å². The van der Waals surface area contributed by atoms with Gasteiger partial charge in [0.25, 0.3) is 0 Å². The molecule has 1 aromatic rings. The van der Waals surface area contributed by atoms with Crippen LogP contribution in [0.5, 0.6) is 17.2 Å². The van der Waals surface area contributed by atoms with Crippen LogP contribution in [-0.2, 0) is 9.47 Å². The summed E-state index contributed by atoms with van der Waals surface area (Å²) < 4.78 is 30.8. The Morgan fingerprint density at radius 2 is 1.51 bits per heavy atom. The van der Waals surface area contributed by atoms with E-state index in [2.05, 4.69) is 52.8 Å². The standard InChI is InChI=1S/C37H64NO6P/c1-9-13-14-15-16-17-36(5,6)28-41-29-37(7,8)30-44-35-33(42-22-21-40-20-11-3)26-31(32(39)12-4)27-34(35)43-23-25-45-24-19-38-18-10-2/h1,26-27,38,45H,10-25,28-30H2,2-8H3. The highest BCUT2D eigenvalue weighted by Crippen LogP contribution is 2.40. The quantitative estimate of drug-likeness (QED) is 0.0406. The zero-order valence-electron chi connectivity index (χ0n) is 29.6. The number of carbonyl (C=O) groups is 1. The lowest BCUT2D eigenvalue weighted by atomic mass is 9.87. The zero-order chi connectivity index (χ0) is 33.4. The number of terminal acetylenes is 1. The Kier molecular flexibility index (Phi) is 22.3. The number of Topliss-reactive ketones (excluding diaryl/α,β-unsaturated/α-hetero) is 1. The van der Waals surface area contributed by atoms with Crippen molar-refractivity contribution in [2.75, 3.05) is 71.7 Å². The molecule has 0 aliphatic rings. The summed E-state index contributed by atoms with van der Waals surface area (Å²) in [6.07, 6.45) is 15.3. The van der Waals surface area contributed by atoms with Crippen molar-refractivity contribution in [3.8, 4) is 29.6 Å². The van der Waals surface area contributed by atoms with Crippen LogP contribution in [0.2, 0.25) is 0 Å². The second-order valence-electron chi connectivity index (χ2n) is 13.3. The summed E-state index contributed by atoms with van der Waals surface area (Å²) >= 11 is 0. The maximum atomic E-state index is 12.8. The number of hydrogen-bond donors (Lipinski definition) is 1. The average Bonchev–Trinajstić information content (AvgIpc) is 3.00. The van der Waals surface area contributed by atoms with E-state index in [1.165, 1.54) is 0 Å². The molecule has 0 heterocycles. The van der Waals surface area contributed by atoms with Crippen molar-refractivity contribution >= 4 is 14.4 Å². The molecular formula is C37H64NO6P. The predicted octanol–water partition coefficient (Wildman–Crippen LogP) is 8.17. The minimum atomic E-state index is -0.258. The van der Waals surface area contributed by atoms with Gasteiger partial charge in [-0.2, -0.15) is 0 Å². The number of benzene rings is 1. The Bertz CT molecular complexity index is 974. The molecule has 1 N–H and O–H groups in total. The molecule has 0 amide bonds. The lowest BCUT2D eigenvalue weighted by molar-refractivity contribution is -0.00491. The normalized spacial score (nSPS) is 12.0. The van der Waals surface area contributed by atoms with E-state index in [1.807, 2.05) is 13.0 Å². The molecule has 0 aliphatic heterocycles. The second kappa shape index (κ2) is 24.3. The summed E-state index contributed by atoms with van der Waals surface area (Å²) in [5.41, 5.74) is 0.412. The van der Waals surface area contributed by atoms with E-state index >= 15 is 0 Å². The lowest BCUT2D eigenvalue weighted by Crippen LogP contribution is -2.30. The molecule has 0 bridgehead atoms. The van der Waals surface area contributed by atoms with E-state index in [-0.39, 0.29) is 16.6 Å². The Morgan fingerprint density at radius 1 is 0.800 bits per heavy atom. The van der Waals surface area contributed by atoms with Gasteiger partial charge in [-0.1, -0.05) is 61.3 Å². The van der Waals surface area contributed by atoms with Crippen LogP contribution in [-0.4, -0.2) is 77.4 Å². The fourth-order valence-corrected chi connectivity index (χ4v) is 5.43. The maximum Gasteiger partial charge on any atom is 0.203 e. The summed E-state index contributed by atoms with van der Waals surface area (Å²) in [4.78, 5) is 12.8. The average molecular weight is 650 g/mol. The van der Waals surface area contributed by atoms with Gasteiger partial charge in [-0.15, -0.1) is 20.9 Å². The van der Waals surface area contributed by atoms with Gasteiger partial charge in [0.05, 0.1) is 33.0 Å². The third-order valence-electron chi connectivity index (χ3n) is 7.21. The fourth-order valence-electron chi connectivity index (χ4n) is 4.58. The molecule has 258 valence electrons. The van der Waals surface area contributed by atoms with Crippen LogP contribution < -0.4 is 19.5 Å². The van der Waals surface area contributed by atoms with Crippen LogP contribution in [0.15, 0.2) is 12.1 Å². The van der Waals surface area contributed by atoms with Crippen molar-refractivity contribution in [3.05, 3.63) is 17.7 Å². The topological polar surface area (TPSA) is 75.2 Å². The van der Waals surface area contributed by atoms with E-state index in [1.54, 1.807) is 6.07 Å². The largest absolute Gasteiger partial charge is 0.489 e. The molecule has 0 spiro atoms. The van der Waals surface area contributed by atoms with Gasteiger partial charge in [-0.25, -0.2) is 0 Å². The van der Waals surface area contributed by atoms with Crippen LogP contribution in [0.1, 0.15) is 110 Å².